The number of hydrogen-bond donors (Lipinski definition) is 0. The van der Waals surface area contributed by atoms with E-state index in [1.807, 2.05) is 62.3 Å². The lowest BCUT2D eigenvalue weighted by Gasteiger charge is -2.19. The molecule has 0 atom stereocenters. The summed E-state index contributed by atoms with van der Waals surface area (Å²) in [5.74, 6) is 16.8. The van der Waals surface area contributed by atoms with Crippen molar-refractivity contribution in [1.29, 1.82) is 0 Å². The summed E-state index contributed by atoms with van der Waals surface area (Å²) < 4.78 is 14.9. The molecule has 0 unspecified atom stereocenters. The lowest BCUT2D eigenvalue weighted by Crippen LogP contribution is -2.26. The van der Waals surface area contributed by atoms with Gasteiger partial charge in [-0.1, -0.05) is 0 Å². The minimum Gasteiger partial charge on any atom is -0.472 e. The molecule has 0 aliphatic rings. The van der Waals surface area contributed by atoms with Gasteiger partial charge in [-0.2, -0.15) is 0 Å². The Hall–Kier alpha value is -1.33. The summed E-state index contributed by atoms with van der Waals surface area (Å²) in [6, 6.07) is 0. The van der Waals surface area contributed by atoms with E-state index in [0.717, 1.165) is 0 Å². The third kappa shape index (κ3) is 10.6. The van der Waals surface area contributed by atoms with Crippen molar-refractivity contribution in [2.24, 2.45) is 16.2 Å². The molecular formula is C18H27BF-. The second-order valence-corrected chi connectivity index (χ2v) is 8.32. The van der Waals surface area contributed by atoms with Crippen LogP contribution in [0.15, 0.2) is 0 Å². The molecule has 0 amide bonds. The lowest BCUT2D eigenvalue weighted by atomic mass is 9.45. The summed E-state index contributed by atoms with van der Waals surface area (Å²) in [4.78, 5) is 0. The molecule has 0 N–H and O–H groups in total. The second-order valence-electron chi connectivity index (χ2n) is 8.32. The number of hydrogen-bond acceptors (Lipinski definition) is 0. The first-order chi connectivity index (χ1) is 8.62. The summed E-state index contributed by atoms with van der Waals surface area (Å²) in [6.07, 6.45) is -2.78. The molecule has 0 heterocycles. The van der Waals surface area contributed by atoms with Crippen molar-refractivity contribution < 1.29 is 4.32 Å². The Labute approximate surface area is 125 Å². The summed E-state index contributed by atoms with van der Waals surface area (Å²) in [5, 5.41) is 0. The molecule has 0 nitrogen and oxygen atoms in total. The van der Waals surface area contributed by atoms with E-state index >= 15 is 0 Å². The molecule has 0 saturated carbocycles. The van der Waals surface area contributed by atoms with Crippen molar-refractivity contribution in [3.05, 3.63) is 0 Å². The fourth-order valence-electron chi connectivity index (χ4n) is 1.06. The molecule has 0 rings (SSSR count). The van der Waals surface area contributed by atoms with Crippen LogP contribution >= 0.6 is 0 Å². The van der Waals surface area contributed by atoms with E-state index in [9.17, 15) is 4.32 Å². The maximum atomic E-state index is 14.9. The molecule has 0 aromatic rings. The maximum Gasteiger partial charge on any atom is 0.357 e. The van der Waals surface area contributed by atoms with Crippen molar-refractivity contribution in [3.63, 3.8) is 0 Å². The Balaban J connectivity index is 5.71. The zero-order valence-corrected chi connectivity index (χ0v) is 14.5. The minimum atomic E-state index is -2.78. The minimum absolute atomic E-state index is 0.258. The van der Waals surface area contributed by atoms with E-state index in [1.165, 1.54) is 0 Å². The lowest BCUT2D eigenvalue weighted by molar-refractivity contribution is 0.570. The van der Waals surface area contributed by atoms with Crippen LogP contribution < -0.4 is 0 Å². The molecule has 0 radical (unpaired) electrons. The predicted octanol–water partition coefficient (Wildman–Crippen LogP) is 4.67. The largest absolute Gasteiger partial charge is 0.472 e. The molecule has 0 aliphatic heterocycles. The monoisotopic (exact) mass is 273 g/mol. The highest BCUT2D eigenvalue weighted by Gasteiger charge is 2.18. The summed E-state index contributed by atoms with van der Waals surface area (Å²) in [5.41, 5.74) is -0.774. The van der Waals surface area contributed by atoms with E-state index in [0.29, 0.717) is 0 Å². The van der Waals surface area contributed by atoms with Crippen LogP contribution in [0.1, 0.15) is 62.3 Å². The molecule has 0 fully saturated rings. The first-order valence-electron chi connectivity index (χ1n) is 7.08. The molecule has 110 valence electrons. The Morgan fingerprint density at radius 2 is 0.750 bits per heavy atom. The highest BCUT2D eigenvalue weighted by molar-refractivity contribution is 6.95. The van der Waals surface area contributed by atoms with Gasteiger partial charge in [-0.25, -0.2) is 17.5 Å². The van der Waals surface area contributed by atoms with Crippen LogP contribution in [0.2, 0.25) is 0 Å². The zero-order chi connectivity index (χ0) is 16.2. The van der Waals surface area contributed by atoms with Crippen LogP contribution in [-0.4, -0.2) is 6.42 Å². The summed E-state index contributed by atoms with van der Waals surface area (Å²) in [7, 11) is 0. The topological polar surface area (TPSA) is 0 Å². The molecule has 0 aliphatic carbocycles. The van der Waals surface area contributed by atoms with Crippen molar-refractivity contribution in [2.45, 2.75) is 62.3 Å². The van der Waals surface area contributed by atoms with Gasteiger partial charge in [-0.15, -0.1) is 17.8 Å². The fraction of sp³-hybridized carbons (Fsp3) is 0.667. The Morgan fingerprint density at radius 1 is 0.550 bits per heavy atom. The van der Waals surface area contributed by atoms with Gasteiger partial charge in [0.05, 0.1) is 0 Å². The molecular weight excluding hydrogens is 246 g/mol. The molecule has 2 heteroatoms. The average molecular weight is 273 g/mol. The third-order valence-electron chi connectivity index (χ3n) is 1.94. The first-order valence-corrected chi connectivity index (χ1v) is 7.08. The molecule has 0 aromatic heterocycles. The van der Waals surface area contributed by atoms with Crippen LogP contribution in [0.4, 0.5) is 4.32 Å². The van der Waals surface area contributed by atoms with Crippen LogP contribution in [0, 0.1) is 51.5 Å². The van der Waals surface area contributed by atoms with E-state index in [2.05, 4.69) is 35.2 Å². The van der Waals surface area contributed by atoms with Crippen molar-refractivity contribution in [3.8, 4) is 35.2 Å². The summed E-state index contributed by atoms with van der Waals surface area (Å²) >= 11 is 0. The van der Waals surface area contributed by atoms with Crippen molar-refractivity contribution in [2.75, 3.05) is 0 Å². The summed E-state index contributed by atoms with van der Waals surface area (Å²) in [6.45, 7) is 17.5. The smallest absolute Gasteiger partial charge is 0.357 e. The molecule has 0 bridgehead atoms. The van der Waals surface area contributed by atoms with Gasteiger partial charge in [0, 0.05) is 16.2 Å². The standard InChI is InChI=1S/C18H27BF/c1-16(2,3)10-13-19(20,14-11-17(4,5)6)15-12-18(7,8)9/h1-9H3/q-1. The normalized spacial score (nSPS) is 12.3. The van der Waals surface area contributed by atoms with Crippen LogP contribution in [-0.2, 0) is 0 Å². The van der Waals surface area contributed by atoms with Crippen LogP contribution in [0.5, 0.6) is 0 Å². The fourth-order valence-corrected chi connectivity index (χ4v) is 1.06. The maximum absolute atomic E-state index is 14.9. The van der Waals surface area contributed by atoms with Gasteiger partial charge in [-0.3, -0.25) is 0 Å². The van der Waals surface area contributed by atoms with Gasteiger partial charge in [0.25, 0.3) is 0 Å². The molecule has 20 heavy (non-hydrogen) atoms. The van der Waals surface area contributed by atoms with Gasteiger partial charge in [0.15, 0.2) is 0 Å². The molecule has 0 spiro atoms. The van der Waals surface area contributed by atoms with Gasteiger partial charge in [0.1, 0.15) is 0 Å². The van der Waals surface area contributed by atoms with Crippen LogP contribution in [0.25, 0.3) is 0 Å². The molecule has 0 aromatic carbocycles. The zero-order valence-electron chi connectivity index (χ0n) is 14.5. The van der Waals surface area contributed by atoms with E-state index < -0.39 is 6.42 Å². The third-order valence-corrected chi connectivity index (χ3v) is 1.94. The first kappa shape index (κ1) is 18.7. The highest BCUT2D eigenvalue weighted by atomic mass is 19.1. The van der Waals surface area contributed by atoms with Gasteiger partial charge < -0.3 is 4.32 Å². The average Bonchev–Trinajstić information content (AvgIpc) is 2.18. The van der Waals surface area contributed by atoms with Crippen molar-refractivity contribution >= 4 is 6.42 Å². The van der Waals surface area contributed by atoms with E-state index in [-0.39, 0.29) is 16.2 Å². The van der Waals surface area contributed by atoms with Gasteiger partial charge >= 0.3 is 6.42 Å². The molecule has 0 saturated heterocycles. The number of rotatable bonds is 0. The SMILES string of the molecule is CC(C)(C)C#C[B-](F)(C#CC(C)(C)C)C#CC(C)(C)C. The second kappa shape index (κ2) is 5.98. The van der Waals surface area contributed by atoms with Crippen LogP contribution in [0.3, 0.4) is 0 Å². The highest BCUT2D eigenvalue weighted by Crippen LogP contribution is 2.15. The Morgan fingerprint density at radius 3 is 0.900 bits per heavy atom. The number of halogens is 1. The predicted molar refractivity (Wildman–Crippen MR) is 88.6 cm³/mol. The van der Waals surface area contributed by atoms with Gasteiger partial charge in [-0.05, 0) is 62.3 Å². The van der Waals surface area contributed by atoms with E-state index in [4.69, 9.17) is 0 Å². The Bertz CT molecular complexity index is 438. The Kier molecular flexibility index (Phi) is 5.58. The van der Waals surface area contributed by atoms with E-state index in [1.54, 1.807) is 0 Å². The van der Waals surface area contributed by atoms with Gasteiger partial charge in [0.2, 0.25) is 0 Å². The quantitative estimate of drug-likeness (QED) is 0.444. The van der Waals surface area contributed by atoms with Crippen molar-refractivity contribution in [1.82, 2.24) is 0 Å².